The van der Waals surface area contributed by atoms with Crippen LogP contribution in [-0.2, 0) is 0 Å². The molecule has 27 heavy (non-hydrogen) atoms. The Hall–Kier alpha value is -3.12. The lowest BCUT2D eigenvalue weighted by atomic mass is 10.2. The van der Waals surface area contributed by atoms with E-state index in [1.54, 1.807) is 43.8 Å². The Kier molecular flexibility index (Phi) is 5.28. The number of carbonyl (C=O) groups is 1. The van der Waals surface area contributed by atoms with Crippen LogP contribution >= 0.6 is 11.6 Å². The van der Waals surface area contributed by atoms with Gasteiger partial charge in [-0.25, -0.2) is 9.78 Å². The summed E-state index contributed by atoms with van der Waals surface area (Å²) in [6, 6.07) is 10.5. The summed E-state index contributed by atoms with van der Waals surface area (Å²) >= 11 is 5.98. The molecule has 0 fully saturated rings. The number of benzene rings is 1. The van der Waals surface area contributed by atoms with Crippen LogP contribution in [0, 0.1) is 13.8 Å². The number of carboxylic acid groups (broad SMARTS) is 1. The third-order valence-corrected chi connectivity index (χ3v) is 4.52. The van der Waals surface area contributed by atoms with E-state index in [0.29, 0.717) is 11.6 Å². The fraction of sp³-hybridized carbons (Fsp3) is 0.150. The number of methoxy groups -OCH3 is 1. The molecule has 0 spiro atoms. The van der Waals surface area contributed by atoms with Crippen LogP contribution in [0.3, 0.4) is 0 Å². The Labute approximate surface area is 161 Å². The third-order valence-electron chi connectivity index (χ3n) is 4.19. The van der Waals surface area contributed by atoms with Crippen molar-refractivity contribution < 1.29 is 14.6 Å². The van der Waals surface area contributed by atoms with Gasteiger partial charge in [0.2, 0.25) is 5.88 Å². The highest BCUT2D eigenvalue weighted by atomic mass is 35.5. The molecule has 0 bridgehead atoms. The molecule has 1 N–H and O–H groups in total. The summed E-state index contributed by atoms with van der Waals surface area (Å²) in [6.45, 7) is 3.91. The van der Waals surface area contributed by atoms with E-state index in [1.807, 2.05) is 30.5 Å². The number of rotatable bonds is 5. The van der Waals surface area contributed by atoms with E-state index < -0.39 is 5.97 Å². The smallest absolute Gasteiger partial charge is 0.337 e. The van der Waals surface area contributed by atoms with E-state index in [4.69, 9.17) is 16.3 Å². The molecule has 138 valence electrons. The number of aliphatic imine (C=N–C) groups is 1. The molecule has 2 aromatic heterocycles. The fourth-order valence-corrected chi connectivity index (χ4v) is 3.04. The molecule has 2 heterocycles. The SMILES string of the molecule is COc1ccc(N=Cc2cc(C)n(-c3ccc(Cl)c(C(=O)O)c3)c2C)cn1. The molecule has 0 atom stereocenters. The Bertz CT molecular complexity index is 1020. The van der Waals surface area contributed by atoms with Crippen LogP contribution in [0.4, 0.5) is 5.69 Å². The minimum atomic E-state index is -1.06. The van der Waals surface area contributed by atoms with Crippen LogP contribution in [0.25, 0.3) is 5.69 Å². The Morgan fingerprint density at radius 2 is 2.04 bits per heavy atom. The first-order valence-electron chi connectivity index (χ1n) is 8.17. The maximum Gasteiger partial charge on any atom is 0.337 e. The molecular weight excluding hydrogens is 366 g/mol. The van der Waals surface area contributed by atoms with Crippen molar-refractivity contribution in [2.24, 2.45) is 4.99 Å². The molecule has 0 aliphatic carbocycles. The zero-order valence-corrected chi connectivity index (χ0v) is 15.9. The highest BCUT2D eigenvalue weighted by Gasteiger charge is 2.14. The number of hydrogen-bond acceptors (Lipinski definition) is 4. The molecule has 0 saturated heterocycles. The molecule has 0 aliphatic rings. The second kappa shape index (κ2) is 7.63. The van der Waals surface area contributed by atoms with Crippen LogP contribution in [0.5, 0.6) is 5.88 Å². The van der Waals surface area contributed by atoms with Crippen molar-refractivity contribution in [2.45, 2.75) is 13.8 Å². The van der Waals surface area contributed by atoms with Crippen LogP contribution in [-0.4, -0.2) is 34.0 Å². The number of ether oxygens (including phenoxy) is 1. The van der Waals surface area contributed by atoms with E-state index >= 15 is 0 Å². The third kappa shape index (κ3) is 3.85. The maximum absolute atomic E-state index is 11.4. The Balaban J connectivity index is 1.96. The summed E-state index contributed by atoms with van der Waals surface area (Å²) in [5, 5.41) is 9.51. The van der Waals surface area contributed by atoms with Crippen LogP contribution in [0.2, 0.25) is 5.02 Å². The van der Waals surface area contributed by atoms with Gasteiger partial charge in [0, 0.05) is 34.9 Å². The van der Waals surface area contributed by atoms with Crippen molar-refractivity contribution in [1.29, 1.82) is 0 Å². The van der Waals surface area contributed by atoms with Crippen molar-refractivity contribution in [3.05, 3.63) is 70.1 Å². The first kappa shape index (κ1) is 18.7. The molecular formula is C20H18ClN3O3. The first-order valence-corrected chi connectivity index (χ1v) is 8.54. The van der Waals surface area contributed by atoms with E-state index in [2.05, 4.69) is 9.98 Å². The van der Waals surface area contributed by atoms with E-state index in [0.717, 1.165) is 22.6 Å². The molecule has 0 saturated carbocycles. The lowest BCUT2D eigenvalue weighted by Crippen LogP contribution is -2.03. The van der Waals surface area contributed by atoms with Gasteiger partial charge in [0.1, 0.15) is 0 Å². The summed E-state index contributed by atoms with van der Waals surface area (Å²) < 4.78 is 7.01. The normalized spacial score (nSPS) is 11.1. The lowest BCUT2D eigenvalue weighted by molar-refractivity contribution is 0.0697. The quantitative estimate of drug-likeness (QED) is 0.653. The number of aromatic carboxylic acids is 1. The zero-order chi connectivity index (χ0) is 19.6. The number of carboxylic acids is 1. The van der Waals surface area contributed by atoms with Crippen LogP contribution in [0.15, 0.2) is 47.6 Å². The van der Waals surface area contributed by atoms with Gasteiger partial charge < -0.3 is 14.4 Å². The van der Waals surface area contributed by atoms with Gasteiger partial charge in [0.15, 0.2) is 0 Å². The van der Waals surface area contributed by atoms with Crippen LogP contribution < -0.4 is 4.74 Å². The van der Waals surface area contributed by atoms with Gasteiger partial charge in [-0.3, -0.25) is 4.99 Å². The number of pyridine rings is 1. The minimum Gasteiger partial charge on any atom is -0.481 e. The number of nitrogens with zero attached hydrogens (tertiary/aromatic N) is 3. The standard InChI is InChI=1S/C20H18ClN3O3/c1-12-8-14(10-22-15-4-7-19(27-3)23-11-15)13(2)24(12)16-5-6-18(21)17(9-16)20(25)26/h4-11H,1-3H3,(H,25,26). The summed E-state index contributed by atoms with van der Waals surface area (Å²) in [7, 11) is 1.56. The van der Waals surface area contributed by atoms with Crippen molar-refractivity contribution in [3.63, 3.8) is 0 Å². The highest BCUT2D eigenvalue weighted by Crippen LogP contribution is 2.25. The van der Waals surface area contributed by atoms with Gasteiger partial charge >= 0.3 is 5.97 Å². The average Bonchev–Trinajstić information content (AvgIpc) is 2.94. The zero-order valence-electron chi connectivity index (χ0n) is 15.1. The van der Waals surface area contributed by atoms with E-state index in [1.165, 1.54) is 0 Å². The molecule has 0 unspecified atom stereocenters. The van der Waals surface area contributed by atoms with Gasteiger partial charge in [0.25, 0.3) is 0 Å². The summed E-state index contributed by atoms with van der Waals surface area (Å²) in [5.74, 6) is -0.526. The van der Waals surface area contributed by atoms with Crippen LogP contribution in [0.1, 0.15) is 27.3 Å². The Morgan fingerprint density at radius 1 is 1.26 bits per heavy atom. The molecule has 0 amide bonds. The second-order valence-electron chi connectivity index (χ2n) is 5.95. The van der Waals surface area contributed by atoms with E-state index in [-0.39, 0.29) is 10.6 Å². The average molecular weight is 384 g/mol. The molecule has 6 nitrogen and oxygen atoms in total. The van der Waals surface area contributed by atoms with Gasteiger partial charge in [-0.1, -0.05) is 11.6 Å². The van der Waals surface area contributed by atoms with Crippen molar-refractivity contribution in [3.8, 4) is 11.6 Å². The number of aromatic nitrogens is 2. The van der Waals surface area contributed by atoms with Crippen molar-refractivity contribution in [1.82, 2.24) is 9.55 Å². The second-order valence-corrected chi connectivity index (χ2v) is 6.36. The molecule has 1 aromatic carbocycles. The number of hydrogen-bond donors (Lipinski definition) is 1. The molecule has 3 aromatic rings. The molecule has 0 radical (unpaired) electrons. The summed E-state index contributed by atoms with van der Waals surface area (Å²) in [6.07, 6.45) is 3.39. The van der Waals surface area contributed by atoms with Gasteiger partial charge in [0.05, 0.1) is 29.6 Å². The maximum atomic E-state index is 11.4. The van der Waals surface area contributed by atoms with Crippen molar-refractivity contribution in [2.75, 3.05) is 7.11 Å². The van der Waals surface area contributed by atoms with Gasteiger partial charge in [-0.05, 0) is 44.2 Å². The topological polar surface area (TPSA) is 76.7 Å². The number of aryl methyl sites for hydroxylation is 1. The summed E-state index contributed by atoms with van der Waals surface area (Å²) in [5.41, 5.74) is 4.34. The van der Waals surface area contributed by atoms with Crippen molar-refractivity contribution >= 4 is 29.5 Å². The van der Waals surface area contributed by atoms with E-state index in [9.17, 15) is 9.90 Å². The first-order chi connectivity index (χ1) is 12.9. The highest BCUT2D eigenvalue weighted by molar-refractivity contribution is 6.33. The van der Waals surface area contributed by atoms with Gasteiger partial charge in [-0.15, -0.1) is 0 Å². The fourth-order valence-electron chi connectivity index (χ4n) is 2.85. The minimum absolute atomic E-state index is 0.0705. The largest absolute Gasteiger partial charge is 0.481 e. The predicted molar refractivity (Wildman–Crippen MR) is 105 cm³/mol. The Morgan fingerprint density at radius 3 is 2.67 bits per heavy atom. The number of halogens is 1. The summed E-state index contributed by atoms with van der Waals surface area (Å²) in [4.78, 5) is 19.9. The predicted octanol–water partition coefficient (Wildman–Crippen LogP) is 4.60. The molecule has 3 rings (SSSR count). The van der Waals surface area contributed by atoms with Gasteiger partial charge in [-0.2, -0.15) is 0 Å². The lowest BCUT2D eigenvalue weighted by Gasteiger charge is -2.11. The monoisotopic (exact) mass is 383 g/mol. The molecule has 0 aliphatic heterocycles. The molecule has 7 heteroatoms.